The number of amides is 2. The van der Waals surface area contributed by atoms with Gasteiger partial charge < -0.3 is 10.6 Å². The van der Waals surface area contributed by atoms with Crippen molar-refractivity contribution in [1.82, 2.24) is 10.6 Å². The zero-order valence-corrected chi connectivity index (χ0v) is 10.8. The van der Waals surface area contributed by atoms with E-state index in [0.717, 1.165) is 18.4 Å². The van der Waals surface area contributed by atoms with Crippen molar-refractivity contribution >= 4 is 11.8 Å². The summed E-state index contributed by atoms with van der Waals surface area (Å²) < 4.78 is 0. The van der Waals surface area contributed by atoms with Crippen molar-refractivity contribution in [3.05, 3.63) is 0 Å². The normalized spacial score (nSPS) is 38.6. The zero-order valence-electron chi connectivity index (χ0n) is 10.8. The molecule has 2 N–H and O–H groups in total. The van der Waals surface area contributed by atoms with Crippen molar-refractivity contribution in [2.24, 2.45) is 23.7 Å². The summed E-state index contributed by atoms with van der Waals surface area (Å²) in [4.78, 5) is 23.0. The van der Waals surface area contributed by atoms with Crippen LogP contribution in [-0.2, 0) is 9.59 Å². The van der Waals surface area contributed by atoms with Crippen molar-refractivity contribution in [1.29, 1.82) is 0 Å². The number of carbonyl (C=O) groups is 2. The van der Waals surface area contributed by atoms with Crippen LogP contribution in [0.15, 0.2) is 0 Å². The molecule has 2 saturated carbocycles. The number of carbonyl (C=O) groups excluding carboxylic acids is 2. The summed E-state index contributed by atoms with van der Waals surface area (Å²) >= 11 is 0. The van der Waals surface area contributed by atoms with Crippen LogP contribution in [0.5, 0.6) is 0 Å². The lowest BCUT2D eigenvalue weighted by Gasteiger charge is -2.25. The van der Waals surface area contributed by atoms with E-state index in [1.807, 2.05) is 0 Å². The van der Waals surface area contributed by atoms with Gasteiger partial charge in [-0.3, -0.25) is 9.59 Å². The molecule has 0 aromatic carbocycles. The molecular weight excluding hydrogens is 228 g/mol. The fraction of sp³-hybridized carbons (Fsp3) is 0.857. The Hall–Kier alpha value is -1.06. The topological polar surface area (TPSA) is 58.2 Å². The molecule has 4 heteroatoms. The Morgan fingerprint density at radius 1 is 1.28 bits per heavy atom. The number of hydrogen-bond donors (Lipinski definition) is 2. The third-order valence-electron chi connectivity index (χ3n) is 5.06. The highest BCUT2D eigenvalue weighted by Crippen LogP contribution is 2.47. The van der Waals surface area contributed by atoms with Crippen LogP contribution in [-0.4, -0.2) is 24.9 Å². The molecule has 0 radical (unpaired) electrons. The molecule has 0 aromatic heterocycles. The van der Waals surface area contributed by atoms with E-state index < -0.39 is 0 Å². The van der Waals surface area contributed by atoms with Crippen molar-refractivity contribution in [2.75, 3.05) is 13.1 Å². The van der Waals surface area contributed by atoms with Gasteiger partial charge in [0.05, 0.1) is 5.92 Å². The maximum Gasteiger partial charge on any atom is 0.224 e. The first-order chi connectivity index (χ1) is 8.72. The molecule has 100 valence electrons. The van der Waals surface area contributed by atoms with Crippen molar-refractivity contribution in [3.63, 3.8) is 0 Å². The van der Waals surface area contributed by atoms with E-state index in [-0.39, 0.29) is 17.7 Å². The van der Waals surface area contributed by atoms with Crippen molar-refractivity contribution in [2.45, 2.75) is 38.5 Å². The molecule has 4 nitrogen and oxygen atoms in total. The molecule has 1 heterocycles. The summed E-state index contributed by atoms with van der Waals surface area (Å²) in [5.41, 5.74) is 0. The van der Waals surface area contributed by atoms with Gasteiger partial charge in [-0.1, -0.05) is 6.42 Å². The molecule has 2 amide bonds. The molecular formula is C14H22N2O2. The van der Waals surface area contributed by atoms with Crippen LogP contribution in [0.3, 0.4) is 0 Å². The molecule has 3 aliphatic rings. The van der Waals surface area contributed by atoms with Gasteiger partial charge in [0, 0.05) is 19.5 Å². The van der Waals surface area contributed by atoms with Crippen LogP contribution in [0.2, 0.25) is 0 Å². The summed E-state index contributed by atoms with van der Waals surface area (Å²) in [6.07, 6.45) is 6.67. The van der Waals surface area contributed by atoms with Crippen LogP contribution in [0, 0.1) is 23.7 Å². The maximum absolute atomic E-state index is 12.0. The molecule has 3 rings (SSSR count). The number of piperidine rings is 1. The van der Waals surface area contributed by atoms with Gasteiger partial charge in [0.25, 0.3) is 0 Å². The van der Waals surface area contributed by atoms with Crippen LogP contribution in [0.1, 0.15) is 38.5 Å². The SMILES string of the molecule is O=C1CCC(C(=O)NCC2CC3CCC2C3)CN1. The predicted octanol–water partition coefficient (Wildman–Crippen LogP) is 1.06. The average Bonchev–Trinajstić information content (AvgIpc) is 2.99. The van der Waals surface area contributed by atoms with E-state index in [4.69, 9.17) is 0 Å². The summed E-state index contributed by atoms with van der Waals surface area (Å²) in [7, 11) is 0. The standard InChI is InChI=1S/C14H22N2O2/c17-13-4-3-11(7-15-13)14(18)16-8-12-6-9-1-2-10(12)5-9/h9-12H,1-8H2,(H,15,17)(H,16,18). The van der Waals surface area contributed by atoms with Crippen LogP contribution >= 0.6 is 0 Å². The van der Waals surface area contributed by atoms with Crippen LogP contribution in [0.4, 0.5) is 0 Å². The highest BCUT2D eigenvalue weighted by Gasteiger charge is 2.39. The summed E-state index contributed by atoms with van der Waals surface area (Å²) in [5, 5.41) is 5.87. The van der Waals surface area contributed by atoms with Gasteiger partial charge in [-0.2, -0.15) is 0 Å². The fourth-order valence-corrected chi connectivity index (χ4v) is 3.96. The second kappa shape index (κ2) is 4.90. The summed E-state index contributed by atoms with van der Waals surface area (Å²) in [5.74, 6) is 2.71. The smallest absolute Gasteiger partial charge is 0.224 e. The second-order valence-corrected chi connectivity index (χ2v) is 6.22. The first-order valence-corrected chi connectivity index (χ1v) is 7.27. The molecule has 4 atom stereocenters. The van der Waals surface area contributed by atoms with E-state index in [1.165, 1.54) is 25.7 Å². The van der Waals surface area contributed by atoms with E-state index in [2.05, 4.69) is 10.6 Å². The molecule has 2 bridgehead atoms. The second-order valence-electron chi connectivity index (χ2n) is 6.22. The molecule has 2 aliphatic carbocycles. The third kappa shape index (κ3) is 2.38. The lowest BCUT2D eigenvalue weighted by Crippen LogP contribution is -2.44. The number of rotatable bonds is 3. The Morgan fingerprint density at radius 2 is 2.17 bits per heavy atom. The quantitative estimate of drug-likeness (QED) is 0.787. The molecule has 1 aliphatic heterocycles. The number of nitrogens with one attached hydrogen (secondary N) is 2. The highest BCUT2D eigenvalue weighted by molar-refractivity contribution is 5.83. The molecule has 0 aromatic rings. The van der Waals surface area contributed by atoms with Crippen molar-refractivity contribution < 1.29 is 9.59 Å². The fourth-order valence-electron chi connectivity index (χ4n) is 3.96. The maximum atomic E-state index is 12.0. The monoisotopic (exact) mass is 250 g/mol. The van der Waals surface area contributed by atoms with Gasteiger partial charge >= 0.3 is 0 Å². The lowest BCUT2D eigenvalue weighted by atomic mass is 9.88. The Balaban J connectivity index is 1.43. The van der Waals surface area contributed by atoms with E-state index in [9.17, 15) is 9.59 Å². The Kier molecular flexibility index (Phi) is 3.27. The van der Waals surface area contributed by atoms with E-state index in [1.54, 1.807) is 0 Å². The Labute approximate surface area is 108 Å². The van der Waals surface area contributed by atoms with E-state index in [0.29, 0.717) is 25.3 Å². The van der Waals surface area contributed by atoms with E-state index >= 15 is 0 Å². The van der Waals surface area contributed by atoms with Gasteiger partial charge in [-0.25, -0.2) is 0 Å². The Bertz CT molecular complexity index is 346. The Morgan fingerprint density at radius 3 is 2.78 bits per heavy atom. The van der Waals surface area contributed by atoms with Crippen LogP contribution < -0.4 is 10.6 Å². The largest absolute Gasteiger partial charge is 0.356 e. The summed E-state index contributed by atoms with van der Waals surface area (Å²) in [6, 6.07) is 0. The lowest BCUT2D eigenvalue weighted by molar-refractivity contribution is -0.129. The first kappa shape index (κ1) is 12.0. The van der Waals surface area contributed by atoms with Gasteiger partial charge in [0.2, 0.25) is 11.8 Å². The third-order valence-corrected chi connectivity index (χ3v) is 5.06. The minimum absolute atomic E-state index is 0.0127. The number of fused-ring (bicyclic) bond motifs is 2. The average molecular weight is 250 g/mol. The molecule has 4 unspecified atom stereocenters. The zero-order chi connectivity index (χ0) is 12.5. The molecule has 1 saturated heterocycles. The molecule has 18 heavy (non-hydrogen) atoms. The number of hydrogen-bond acceptors (Lipinski definition) is 2. The van der Waals surface area contributed by atoms with Gasteiger partial charge in [-0.05, 0) is 43.4 Å². The van der Waals surface area contributed by atoms with Gasteiger partial charge in [-0.15, -0.1) is 0 Å². The van der Waals surface area contributed by atoms with Crippen molar-refractivity contribution in [3.8, 4) is 0 Å². The molecule has 3 fully saturated rings. The highest BCUT2D eigenvalue weighted by atomic mass is 16.2. The van der Waals surface area contributed by atoms with Gasteiger partial charge in [0.1, 0.15) is 0 Å². The summed E-state index contributed by atoms with van der Waals surface area (Å²) in [6.45, 7) is 1.37. The van der Waals surface area contributed by atoms with Gasteiger partial charge in [0.15, 0.2) is 0 Å². The van der Waals surface area contributed by atoms with Crippen LogP contribution in [0.25, 0.3) is 0 Å². The predicted molar refractivity (Wildman–Crippen MR) is 67.7 cm³/mol. The minimum Gasteiger partial charge on any atom is -0.356 e. The minimum atomic E-state index is -0.0127. The molecule has 0 spiro atoms. The first-order valence-electron chi connectivity index (χ1n) is 7.27.